The molecule has 0 saturated carbocycles. The van der Waals surface area contributed by atoms with Gasteiger partial charge in [-0.1, -0.05) is 41.4 Å². The van der Waals surface area contributed by atoms with Gasteiger partial charge in [0.2, 0.25) is 5.90 Å². The minimum absolute atomic E-state index is 0.217. The van der Waals surface area contributed by atoms with Crippen molar-refractivity contribution in [3.05, 3.63) is 98.1 Å². The monoisotopic (exact) mass is 525 g/mol. The second-order valence-corrected chi connectivity index (χ2v) is 8.67. The standard InChI is InChI=1S/C26H21BrClNO4/c1-3-31-23-14-18(12-21(27)24(23)32-15-17-6-10-20(28)11-7-17)13-22-26(30)33-25(29-22)19-8-4-16(2)5-9-19/h4-14H,3,15H2,1-2H3/b22-13-. The van der Waals surface area contributed by atoms with Crippen molar-refractivity contribution in [2.75, 3.05) is 6.61 Å². The van der Waals surface area contributed by atoms with Gasteiger partial charge in [-0.2, -0.15) is 0 Å². The van der Waals surface area contributed by atoms with Gasteiger partial charge in [-0.15, -0.1) is 0 Å². The summed E-state index contributed by atoms with van der Waals surface area (Å²) < 4.78 is 17.9. The van der Waals surface area contributed by atoms with Crippen LogP contribution in [0.3, 0.4) is 0 Å². The molecule has 4 rings (SSSR count). The first-order valence-electron chi connectivity index (χ1n) is 10.4. The summed E-state index contributed by atoms with van der Waals surface area (Å²) in [4.78, 5) is 16.8. The predicted octanol–water partition coefficient (Wildman–Crippen LogP) is 6.73. The van der Waals surface area contributed by atoms with E-state index in [1.165, 1.54) is 0 Å². The molecule has 0 aliphatic carbocycles. The van der Waals surface area contributed by atoms with Crippen LogP contribution in [0, 0.1) is 6.92 Å². The molecule has 3 aromatic rings. The van der Waals surface area contributed by atoms with Crippen molar-refractivity contribution >= 4 is 45.5 Å². The lowest BCUT2D eigenvalue weighted by molar-refractivity contribution is -0.129. The SMILES string of the molecule is CCOc1cc(/C=C2\N=C(c3ccc(C)cc3)OC2=O)cc(Br)c1OCc1ccc(Cl)cc1. The lowest BCUT2D eigenvalue weighted by atomic mass is 10.1. The van der Waals surface area contributed by atoms with Gasteiger partial charge in [-0.25, -0.2) is 9.79 Å². The molecule has 0 fully saturated rings. The van der Waals surface area contributed by atoms with Crippen molar-refractivity contribution in [1.82, 2.24) is 0 Å². The number of ether oxygens (including phenoxy) is 3. The maximum absolute atomic E-state index is 12.4. The number of hydrogen-bond donors (Lipinski definition) is 0. The molecule has 1 heterocycles. The Morgan fingerprint density at radius 3 is 2.48 bits per heavy atom. The van der Waals surface area contributed by atoms with Crippen molar-refractivity contribution in [3.63, 3.8) is 0 Å². The van der Waals surface area contributed by atoms with Gasteiger partial charge < -0.3 is 14.2 Å². The highest BCUT2D eigenvalue weighted by atomic mass is 79.9. The van der Waals surface area contributed by atoms with Crippen LogP contribution in [0.25, 0.3) is 6.08 Å². The maximum atomic E-state index is 12.4. The van der Waals surface area contributed by atoms with Crippen molar-refractivity contribution in [3.8, 4) is 11.5 Å². The van der Waals surface area contributed by atoms with Crippen LogP contribution in [0.1, 0.15) is 29.2 Å². The average molecular weight is 527 g/mol. The molecule has 0 spiro atoms. The fourth-order valence-corrected chi connectivity index (χ4v) is 3.90. The Morgan fingerprint density at radius 1 is 1.06 bits per heavy atom. The Labute approximate surface area is 205 Å². The summed E-state index contributed by atoms with van der Waals surface area (Å²) in [5.41, 5.74) is 3.79. The van der Waals surface area contributed by atoms with E-state index in [1.54, 1.807) is 6.08 Å². The zero-order chi connectivity index (χ0) is 23.4. The molecule has 33 heavy (non-hydrogen) atoms. The van der Waals surface area contributed by atoms with E-state index in [9.17, 15) is 4.79 Å². The number of nitrogens with zero attached hydrogens (tertiary/aromatic N) is 1. The van der Waals surface area contributed by atoms with E-state index >= 15 is 0 Å². The molecule has 0 bridgehead atoms. The Morgan fingerprint density at radius 2 is 1.79 bits per heavy atom. The van der Waals surface area contributed by atoms with Crippen molar-refractivity contribution < 1.29 is 19.0 Å². The molecule has 0 unspecified atom stereocenters. The fourth-order valence-electron chi connectivity index (χ4n) is 3.20. The van der Waals surface area contributed by atoms with Gasteiger partial charge in [0.05, 0.1) is 11.1 Å². The van der Waals surface area contributed by atoms with Crippen LogP contribution in [0.15, 0.2) is 75.8 Å². The molecule has 0 saturated heterocycles. The summed E-state index contributed by atoms with van der Waals surface area (Å²) in [7, 11) is 0. The minimum atomic E-state index is -0.497. The quantitative estimate of drug-likeness (QED) is 0.253. The largest absolute Gasteiger partial charge is 0.490 e. The molecule has 1 aliphatic rings. The molecule has 0 amide bonds. The third-order valence-corrected chi connectivity index (χ3v) is 5.69. The molecule has 0 aromatic heterocycles. The van der Waals surface area contributed by atoms with Gasteiger partial charge in [0.25, 0.3) is 0 Å². The van der Waals surface area contributed by atoms with Crippen LogP contribution in [-0.2, 0) is 16.1 Å². The van der Waals surface area contributed by atoms with Gasteiger partial charge in [0.15, 0.2) is 17.2 Å². The van der Waals surface area contributed by atoms with Crippen LogP contribution < -0.4 is 9.47 Å². The van der Waals surface area contributed by atoms with Gasteiger partial charge >= 0.3 is 5.97 Å². The van der Waals surface area contributed by atoms with E-state index in [4.69, 9.17) is 25.8 Å². The normalized spacial score (nSPS) is 14.2. The molecular weight excluding hydrogens is 506 g/mol. The Kier molecular flexibility index (Phi) is 7.16. The molecule has 1 aliphatic heterocycles. The highest BCUT2D eigenvalue weighted by Crippen LogP contribution is 2.38. The molecular formula is C26H21BrClNO4. The summed E-state index contributed by atoms with van der Waals surface area (Å²) in [5.74, 6) is 0.926. The number of carbonyl (C=O) groups excluding carboxylic acids is 1. The molecule has 5 nitrogen and oxygen atoms in total. The fraction of sp³-hybridized carbons (Fsp3) is 0.154. The summed E-state index contributed by atoms with van der Waals surface area (Å²) in [6.07, 6.45) is 1.67. The first kappa shape index (κ1) is 23.1. The molecule has 0 radical (unpaired) electrons. The van der Waals surface area contributed by atoms with Crippen molar-refractivity contribution in [2.24, 2.45) is 4.99 Å². The highest BCUT2D eigenvalue weighted by Gasteiger charge is 2.24. The topological polar surface area (TPSA) is 57.1 Å². The Balaban J connectivity index is 1.60. The summed E-state index contributed by atoms with van der Waals surface area (Å²) >= 11 is 9.52. The Hall–Kier alpha value is -3.09. The number of hydrogen-bond acceptors (Lipinski definition) is 5. The number of cyclic esters (lactones) is 1. The second kappa shape index (κ2) is 10.2. The minimum Gasteiger partial charge on any atom is -0.490 e. The number of carbonyl (C=O) groups is 1. The van der Waals surface area contributed by atoms with Crippen molar-refractivity contribution in [2.45, 2.75) is 20.5 Å². The van der Waals surface area contributed by atoms with Gasteiger partial charge in [-0.05, 0) is 83.4 Å². The predicted molar refractivity (Wildman–Crippen MR) is 133 cm³/mol. The third kappa shape index (κ3) is 5.64. The summed E-state index contributed by atoms with van der Waals surface area (Å²) in [6, 6.07) is 18.8. The summed E-state index contributed by atoms with van der Waals surface area (Å²) in [5, 5.41) is 0.672. The summed E-state index contributed by atoms with van der Waals surface area (Å²) in [6.45, 7) is 4.71. The van der Waals surface area contributed by atoms with Crippen LogP contribution in [-0.4, -0.2) is 18.5 Å². The van der Waals surface area contributed by atoms with E-state index in [2.05, 4.69) is 20.9 Å². The number of rotatable bonds is 7. The number of halogens is 2. The van der Waals surface area contributed by atoms with E-state index < -0.39 is 5.97 Å². The van der Waals surface area contributed by atoms with E-state index in [-0.39, 0.29) is 5.70 Å². The number of benzene rings is 3. The molecule has 168 valence electrons. The zero-order valence-electron chi connectivity index (χ0n) is 18.1. The first-order chi connectivity index (χ1) is 15.9. The van der Waals surface area contributed by atoms with E-state index in [1.807, 2.05) is 74.5 Å². The molecule has 0 atom stereocenters. The highest BCUT2D eigenvalue weighted by molar-refractivity contribution is 9.10. The first-order valence-corrected chi connectivity index (χ1v) is 11.5. The van der Waals surface area contributed by atoms with E-state index in [0.29, 0.717) is 40.1 Å². The molecule has 0 N–H and O–H groups in total. The lowest BCUT2D eigenvalue weighted by Crippen LogP contribution is -2.05. The molecule has 3 aromatic carbocycles. The van der Waals surface area contributed by atoms with E-state index in [0.717, 1.165) is 22.3 Å². The van der Waals surface area contributed by atoms with Crippen LogP contribution in [0.4, 0.5) is 0 Å². The smallest absolute Gasteiger partial charge is 0.363 e. The van der Waals surface area contributed by atoms with Gasteiger partial charge in [0.1, 0.15) is 6.61 Å². The Bertz CT molecular complexity index is 1230. The van der Waals surface area contributed by atoms with Crippen LogP contribution in [0.2, 0.25) is 5.02 Å². The number of aliphatic imine (C=N–C) groups is 1. The average Bonchev–Trinajstić information content (AvgIpc) is 3.15. The molecule has 7 heteroatoms. The maximum Gasteiger partial charge on any atom is 0.363 e. The van der Waals surface area contributed by atoms with Gasteiger partial charge in [0, 0.05) is 10.6 Å². The zero-order valence-corrected chi connectivity index (χ0v) is 20.4. The number of esters is 1. The lowest BCUT2D eigenvalue weighted by Gasteiger charge is -2.15. The van der Waals surface area contributed by atoms with Crippen molar-refractivity contribution in [1.29, 1.82) is 0 Å². The third-order valence-electron chi connectivity index (χ3n) is 4.85. The van der Waals surface area contributed by atoms with Crippen LogP contribution >= 0.6 is 27.5 Å². The van der Waals surface area contributed by atoms with Crippen LogP contribution in [0.5, 0.6) is 11.5 Å². The number of aryl methyl sites for hydroxylation is 1. The second-order valence-electron chi connectivity index (χ2n) is 7.38. The van der Waals surface area contributed by atoms with Gasteiger partial charge in [-0.3, -0.25) is 0 Å².